The van der Waals surface area contributed by atoms with Crippen molar-refractivity contribution in [3.05, 3.63) is 28.2 Å². The van der Waals surface area contributed by atoms with Crippen LogP contribution >= 0.6 is 23.1 Å². The minimum absolute atomic E-state index is 0.0475. The van der Waals surface area contributed by atoms with Gasteiger partial charge in [-0.15, -0.1) is 21.5 Å². The summed E-state index contributed by atoms with van der Waals surface area (Å²) in [6.45, 7) is 4.21. The van der Waals surface area contributed by atoms with Crippen molar-refractivity contribution < 1.29 is 14.3 Å². The minimum atomic E-state index is -0.309. The first kappa shape index (κ1) is 19.7. The Kier molecular flexibility index (Phi) is 6.73. The van der Waals surface area contributed by atoms with Crippen LogP contribution in [0.2, 0.25) is 0 Å². The van der Waals surface area contributed by atoms with Crippen LogP contribution in [-0.2, 0) is 23.0 Å². The topological polar surface area (TPSA) is 80.6 Å². The fourth-order valence-corrected chi connectivity index (χ4v) is 4.30. The zero-order valence-corrected chi connectivity index (χ0v) is 17.1. The molecule has 27 heavy (non-hydrogen) atoms. The third kappa shape index (κ3) is 5.01. The molecule has 0 saturated carbocycles. The van der Waals surface area contributed by atoms with Crippen LogP contribution in [0.5, 0.6) is 0 Å². The van der Waals surface area contributed by atoms with Crippen molar-refractivity contribution in [2.45, 2.75) is 18.5 Å². The van der Waals surface area contributed by atoms with Crippen LogP contribution in [0.4, 0.5) is 4.79 Å². The lowest BCUT2D eigenvalue weighted by atomic mass is 10.3. The van der Waals surface area contributed by atoms with Gasteiger partial charge in [0.1, 0.15) is 5.82 Å². The number of thiophene rings is 1. The molecular formula is C17H23N5O3S2. The van der Waals surface area contributed by atoms with E-state index in [2.05, 4.69) is 16.3 Å². The van der Waals surface area contributed by atoms with Crippen LogP contribution in [0.25, 0.3) is 0 Å². The number of amides is 2. The fraction of sp³-hybridized carbons (Fsp3) is 0.529. The Labute approximate surface area is 166 Å². The van der Waals surface area contributed by atoms with Gasteiger partial charge in [0.25, 0.3) is 0 Å². The Morgan fingerprint density at radius 1 is 1.22 bits per heavy atom. The molecule has 2 aromatic heterocycles. The average Bonchev–Trinajstić information content (AvgIpc) is 3.31. The highest BCUT2D eigenvalue weighted by Gasteiger charge is 2.25. The van der Waals surface area contributed by atoms with Crippen LogP contribution in [0, 0.1) is 0 Å². The maximum atomic E-state index is 12.5. The van der Waals surface area contributed by atoms with Crippen molar-refractivity contribution in [1.82, 2.24) is 24.6 Å². The summed E-state index contributed by atoms with van der Waals surface area (Å²) in [6, 6.07) is 4.10. The number of ether oxygens (including phenoxy) is 1. The van der Waals surface area contributed by atoms with E-state index in [4.69, 9.17) is 4.74 Å². The minimum Gasteiger partial charge on any atom is -0.450 e. The third-order valence-electron chi connectivity index (χ3n) is 4.32. The maximum Gasteiger partial charge on any atom is 0.409 e. The first-order chi connectivity index (χ1) is 13.1. The van der Waals surface area contributed by atoms with Crippen LogP contribution in [0.15, 0.2) is 22.7 Å². The summed E-state index contributed by atoms with van der Waals surface area (Å²) >= 11 is 3.09. The van der Waals surface area contributed by atoms with Gasteiger partial charge in [0.2, 0.25) is 5.91 Å². The zero-order chi connectivity index (χ0) is 19.2. The summed E-state index contributed by atoms with van der Waals surface area (Å²) in [5, 5.41) is 11.2. The van der Waals surface area contributed by atoms with Crippen molar-refractivity contribution in [3.8, 4) is 0 Å². The Morgan fingerprint density at radius 2 is 1.96 bits per heavy atom. The molecule has 8 nitrogen and oxygen atoms in total. The Balaban J connectivity index is 1.47. The first-order valence-corrected chi connectivity index (χ1v) is 10.7. The van der Waals surface area contributed by atoms with Gasteiger partial charge in [-0.05, 0) is 18.4 Å². The van der Waals surface area contributed by atoms with Crippen molar-refractivity contribution >= 4 is 35.1 Å². The number of piperazine rings is 1. The van der Waals surface area contributed by atoms with Gasteiger partial charge >= 0.3 is 6.09 Å². The number of hydrogen-bond acceptors (Lipinski definition) is 7. The van der Waals surface area contributed by atoms with Crippen molar-refractivity contribution in [3.63, 3.8) is 0 Å². The standard InChI is InChI=1S/C17H23N5O3S2/c1-3-25-17(24)22-8-6-21(7-9-22)15(23)12-27-16-19-18-14(20(16)2)11-13-5-4-10-26-13/h4-5,10H,3,6-9,11-12H2,1-2H3. The fourth-order valence-electron chi connectivity index (χ4n) is 2.76. The molecule has 3 rings (SSSR count). The number of rotatable bonds is 6. The van der Waals surface area contributed by atoms with Crippen LogP contribution < -0.4 is 0 Å². The van der Waals surface area contributed by atoms with E-state index in [0.29, 0.717) is 38.5 Å². The molecule has 1 aliphatic rings. The van der Waals surface area contributed by atoms with Crippen LogP contribution in [0.1, 0.15) is 17.6 Å². The molecule has 0 N–H and O–H groups in total. The molecule has 0 radical (unpaired) electrons. The molecule has 0 aromatic carbocycles. The summed E-state index contributed by atoms with van der Waals surface area (Å²) < 4.78 is 6.94. The highest BCUT2D eigenvalue weighted by molar-refractivity contribution is 7.99. The second-order valence-corrected chi connectivity index (χ2v) is 8.04. The average molecular weight is 410 g/mol. The third-order valence-corrected chi connectivity index (χ3v) is 6.20. The van der Waals surface area contributed by atoms with Gasteiger partial charge in [0.05, 0.1) is 12.4 Å². The van der Waals surface area contributed by atoms with Gasteiger partial charge in [0.15, 0.2) is 5.16 Å². The highest BCUT2D eigenvalue weighted by atomic mass is 32.2. The molecular weight excluding hydrogens is 386 g/mol. The van der Waals surface area contributed by atoms with Gasteiger partial charge in [-0.2, -0.15) is 0 Å². The van der Waals surface area contributed by atoms with Gasteiger partial charge in [-0.3, -0.25) is 4.79 Å². The summed E-state index contributed by atoms with van der Waals surface area (Å²) in [4.78, 5) is 28.8. The lowest BCUT2D eigenvalue weighted by Crippen LogP contribution is -2.51. The molecule has 10 heteroatoms. The molecule has 1 saturated heterocycles. The van der Waals surface area contributed by atoms with Gasteiger partial charge in [-0.25, -0.2) is 4.79 Å². The number of carbonyl (C=O) groups is 2. The molecule has 0 atom stereocenters. The van der Waals surface area contributed by atoms with E-state index in [1.54, 1.807) is 28.1 Å². The Hall–Kier alpha value is -2.07. The van der Waals surface area contributed by atoms with Crippen molar-refractivity contribution in [1.29, 1.82) is 0 Å². The second kappa shape index (κ2) is 9.23. The number of thioether (sulfide) groups is 1. The predicted octanol–water partition coefficient (Wildman–Crippen LogP) is 1.86. The normalized spacial score (nSPS) is 14.4. The first-order valence-electron chi connectivity index (χ1n) is 8.81. The van der Waals surface area contributed by atoms with Gasteiger partial charge in [0, 0.05) is 44.5 Å². The summed E-state index contributed by atoms with van der Waals surface area (Å²) in [6.07, 6.45) is 0.433. The molecule has 1 aliphatic heterocycles. The summed E-state index contributed by atoms with van der Waals surface area (Å²) in [5.41, 5.74) is 0. The molecule has 3 heterocycles. The van der Waals surface area contributed by atoms with E-state index in [0.717, 1.165) is 17.4 Å². The molecule has 1 fully saturated rings. The van der Waals surface area contributed by atoms with Gasteiger partial charge in [-0.1, -0.05) is 17.8 Å². The van der Waals surface area contributed by atoms with E-state index < -0.39 is 0 Å². The highest BCUT2D eigenvalue weighted by Crippen LogP contribution is 2.19. The van der Waals surface area contributed by atoms with E-state index >= 15 is 0 Å². The maximum absolute atomic E-state index is 12.5. The Morgan fingerprint density at radius 3 is 2.63 bits per heavy atom. The predicted molar refractivity (Wildman–Crippen MR) is 104 cm³/mol. The quantitative estimate of drug-likeness (QED) is 0.678. The van der Waals surface area contributed by atoms with Crippen molar-refractivity contribution in [2.75, 3.05) is 38.5 Å². The van der Waals surface area contributed by atoms with E-state index in [1.807, 2.05) is 23.1 Å². The lowest BCUT2D eigenvalue weighted by molar-refractivity contribution is -0.129. The number of aromatic nitrogens is 3. The SMILES string of the molecule is CCOC(=O)N1CCN(C(=O)CSc2nnc(Cc3cccs3)n2C)CC1. The molecule has 2 amide bonds. The van der Waals surface area contributed by atoms with Gasteiger partial charge < -0.3 is 19.1 Å². The molecule has 0 bridgehead atoms. The van der Waals surface area contributed by atoms with E-state index in [1.165, 1.54) is 16.6 Å². The molecule has 0 unspecified atom stereocenters. The van der Waals surface area contributed by atoms with E-state index in [9.17, 15) is 9.59 Å². The number of carbonyl (C=O) groups excluding carboxylic acids is 2. The monoisotopic (exact) mass is 409 g/mol. The van der Waals surface area contributed by atoms with Crippen LogP contribution in [0.3, 0.4) is 0 Å². The van der Waals surface area contributed by atoms with Crippen molar-refractivity contribution in [2.24, 2.45) is 7.05 Å². The molecule has 0 spiro atoms. The van der Waals surface area contributed by atoms with Crippen LogP contribution in [-0.4, -0.2) is 75.1 Å². The Bertz CT molecular complexity index is 770. The lowest BCUT2D eigenvalue weighted by Gasteiger charge is -2.34. The largest absolute Gasteiger partial charge is 0.450 e. The number of nitrogens with zero attached hydrogens (tertiary/aromatic N) is 5. The zero-order valence-electron chi connectivity index (χ0n) is 15.5. The summed E-state index contributed by atoms with van der Waals surface area (Å²) in [5.74, 6) is 1.24. The molecule has 2 aromatic rings. The number of hydrogen-bond donors (Lipinski definition) is 0. The molecule has 146 valence electrons. The molecule has 0 aliphatic carbocycles. The van der Waals surface area contributed by atoms with E-state index in [-0.39, 0.29) is 12.0 Å². The summed E-state index contributed by atoms with van der Waals surface area (Å²) in [7, 11) is 1.92. The second-order valence-electron chi connectivity index (χ2n) is 6.07. The smallest absolute Gasteiger partial charge is 0.409 e.